The minimum Gasteiger partial charge on any atom is -0.328 e. The van der Waals surface area contributed by atoms with Crippen molar-refractivity contribution in [1.29, 1.82) is 0 Å². The van der Waals surface area contributed by atoms with E-state index in [0.717, 1.165) is 11.8 Å². The van der Waals surface area contributed by atoms with Gasteiger partial charge in [0.05, 0.1) is 0 Å². The quantitative estimate of drug-likeness (QED) is 0.525. The Kier molecular flexibility index (Phi) is 4.51. The molecule has 1 aliphatic carbocycles. The van der Waals surface area contributed by atoms with Crippen molar-refractivity contribution in [3.8, 4) is 0 Å². The van der Waals surface area contributed by atoms with E-state index >= 15 is 0 Å². The molecule has 0 aromatic carbocycles. The number of nitrogens with two attached hydrogens (primary N) is 1. The highest BCUT2D eigenvalue weighted by molar-refractivity contribution is 4.79. The first-order valence-electron chi connectivity index (χ1n) is 5.60. The molecule has 0 spiro atoms. The number of rotatable bonds is 3. The lowest BCUT2D eigenvalue weighted by atomic mass is 9.85. The maximum absolute atomic E-state index is 5.95. The molecule has 0 heterocycles. The molecule has 0 bridgehead atoms. The zero-order valence-electron chi connectivity index (χ0n) is 8.84. The van der Waals surface area contributed by atoms with Gasteiger partial charge in [-0.25, -0.2) is 0 Å². The van der Waals surface area contributed by atoms with Gasteiger partial charge in [0.1, 0.15) is 0 Å². The van der Waals surface area contributed by atoms with Crippen LogP contribution in [0.3, 0.4) is 0 Å². The van der Waals surface area contributed by atoms with Crippen LogP contribution in [0.15, 0.2) is 12.7 Å². The molecule has 3 unspecified atom stereocenters. The number of hydrogen-bond donors (Lipinski definition) is 1. The Morgan fingerprint density at radius 1 is 1.38 bits per heavy atom. The molecule has 1 saturated carbocycles. The van der Waals surface area contributed by atoms with Crippen molar-refractivity contribution in [2.24, 2.45) is 17.6 Å². The summed E-state index contributed by atoms with van der Waals surface area (Å²) in [5.41, 5.74) is 5.95. The molecule has 1 aliphatic rings. The van der Waals surface area contributed by atoms with Crippen LogP contribution in [0.5, 0.6) is 0 Å². The summed E-state index contributed by atoms with van der Waals surface area (Å²) in [5, 5.41) is 0. The lowest BCUT2D eigenvalue weighted by molar-refractivity contribution is 0.321. The highest BCUT2D eigenvalue weighted by Gasteiger charge is 2.20. The molecule has 0 saturated heterocycles. The van der Waals surface area contributed by atoms with E-state index in [1.165, 1.54) is 38.5 Å². The van der Waals surface area contributed by atoms with Gasteiger partial charge in [-0.2, -0.15) is 0 Å². The van der Waals surface area contributed by atoms with E-state index in [1.54, 1.807) is 0 Å². The van der Waals surface area contributed by atoms with E-state index in [4.69, 9.17) is 5.73 Å². The van der Waals surface area contributed by atoms with Crippen LogP contribution in [0.4, 0.5) is 0 Å². The molecule has 1 heteroatoms. The Bertz CT molecular complexity index is 153. The topological polar surface area (TPSA) is 26.0 Å². The van der Waals surface area contributed by atoms with Gasteiger partial charge in [-0.3, -0.25) is 0 Å². The van der Waals surface area contributed by atoms with Gasteiger partial charge in [0.15, 0.2) is 0 Å². The van der Waals surface area contributed by atoms with E-state index in [2.05, 4.69) is 19.6 Å². The van der Waals surface area contributed by atoms with Crippen molar-refractivity contribution in [2.75, 3.05) is 0 Å². The van der Waals surface area contributed by atoms with Crippen molar-refractivity contribution in [1.82, 2.24) is 0 Å². The Morgan fingerprint density at radius 2 is 2.15 bits per heavy atom. The predicted octanol–water partition coefficient (Wildman–Crippen LogP) is 3.11. The second-order valence-corrected chi connectivity index (χ2v) is 4.53. The van der Waals surface area contributed by atoms with E-state index in [0.29, 0.717) is 6.04 Å². The van der Waals surface area contributed by atoms with Gasteiger partial charge in [-0.15, -0.1) is 6.58 Å². The molecule has 2 N–H and O–H groups in total. The van der Waals surface area contributed by atoms with E-state index in [1.807, 2.05) is 0 Å². The third kappa shape index (κ3) is 3.51. The fourth-order valence-corrected chi connectivity index (χ4v) is 2.38. The largest absolute Gasteiger partial charge is 0.328 e. The molecule has 1 nitrogen and oxygen atoms in total. The first-order valence-corrected chi connectivity index (χ1v) is 5.60. The SMILES string of the molecule is C=CCC(C)C1CCCC(N)CC1. The monoisotopic (exact) mass is 181 g/mol. The molecule has 0 aromatic rings. The van der Waals surface area contributed by atoms with Gasteiger partial charge in [0.25, 0.3) is 0 Å². The molecule has 0 amide bonds. The molecule has 13 heavy (non-hydrogen) atoms. The van der Waals surface area contributed by atoms with Gasteiger partial charge < -0.3 is 5.73 Å². The zero-order valence-corrected chi connectivity index (χ0v) is 8.84. The number of allylic oxidation sites excluding steroid dienone is 1. The van der Waals surface area contributed by atoms with Crippen LogP contribution in [-0.2, 0) is 0 Å². The Hall–Kier alpha value is -0.300. The van der Waals surface area contributed by atoms with E-state index in [-0.39, 0.29) is 0 Å². The average Bonchev–Trinajstić information content (AvgIpc) is 2.30. The molecule has 0 aliphatic heterocycles. The third-order valence-corrected chi connectivity index (χ3v) is 3.40. The molecule has 1 rings (SSSR count). The zero-order chi connectivity index (χ0) is 9.68. The average molecular weight is 181 g/mol. The summed E-state index contributed by atoms with van der Waals surface area (Å²) in [6, 6.07) is 0.473. The Labute approximate surface area is 82.4 Å². The van der Waals surface area contributed by atoms with Gasteiger partial charge >= 0.3 is 0 Å². The van der Waals surface area contributed by atoms with Crippen molar-refractivity contribution in [3.63, 3.8) is 0 Å². The highest BCUT2D eigenvalue weighted by atomic mass is 14.6. The minimum absolute atomic E-state index is 0.473. The van der Waals surface area contributed by atoms with Crippen LogP contribution in [-0.4, -0.2) is 6.04 Å². The van der Waals surface area contributed by atoms with Crippen molar-refractivity contribution in [2.45, 2.75) is 51.5 Å². The van der Waals surface area contributed by atoms with Gasteiger partial charge in [0, 0.05) is 6.04 Å². The summed E-state index contributed by atoms with van der Waals surface area (Å²) in [5.74, 6) is 1.70. The number of hydrogen-bond acceptors (Lipinski definition) is 1. The molecule has 0 aromatic heterocycles. The molecule has 0 radical (unpaired) electrons. The molecular formula is C12H23N. The second-order valence-electron chi connectivity index (χ2n) is 4.53. The van der Waals surface area contributed by atoms with Gasteiger partial charge in [-0.1, -0.05) is 25.8 Å². The summed E-state index contributed by atoms with van der Waals surface area (Å²) < 4.78 is 0. The first-order chi connectivity index (χ1) is 6.24. The van der Waals surface area contributed by atoms with Gasteiger partial charge in [-0.05, 0) is 37.5 Å². The summed E-state index contributed by atoms with van der Waals surface area (Å²) in [7, 11) is 0. The minimum atomic E-state index is 0.473. The van der Waals surface area contributed by atoms with E-state index in [9.17, 15) is 0 Å². The van der Waals surface area contributed by atoms with E-state index < -0.39 is 0 Å². The van der Waals surface area contributed by atoms with Crippen LogP contribution in [0.25, 0.3) is 0 Å². The molecule has 76 valence electrons. The first kappa shape index (κ1) is 10.8. The third-order valence-electron chi connectivity index (χ3n) is 3.40. The van der Waals surface area contributed by atoms with Crippen LogP contribution in [0.2, 0.25) is 0 Å². The summed E-state index contributed by atoms with van der Waals surface area (Å²) in [4.78, 5) is 0. The summed E-state index contributed by atoms with van der Waals surface area (Å²) in [6.45, 7) is 6.16. The molecule has 1 fully saturated rings. The smallest absolute Gasteiger partial charge is 0.00389 e. The van der Waals surface area contributed by atoms with Crippen LogP contribution in [0.1, 0.15) is 45.4 Å². The van der Waals surface area contributed by atoms with Crippen LogP contribution >= 0.6 is 0 Å². The fraction of sp³-hybridized carbons (Fsp3) is 0.833. The Morgan fingerprint density at radius 3 is 2.85 bits per heavy atom. The van der Waals surface area contributed by atoms with Gasteiger partial charge in [0.2, 0.25) is 0 Å². The molecular weight excluding hydrogens is 158 g/mol. The van der Waals surface area contributed by atoms with Crippen molar-refractivity contribution in [3.05, 3.63) is 12.7 Å². The standard InChI is InChI=1S/C12H23N/c1-3-5-10(2)11-6-4-7-12(13)9-8-11/h3,10-12H,1,4-9,13H2,2H3. The normalized spacial score (nSPS) is 32.2. The van der Waals surface area contributed by atoms with Crippen LogP contribution in [0, 0.1) is 11.8 Å². The lowest BCUT2D eigenvalue weighted by Gasteiger charge is -2.20. The maximum Gasteiger partial charge on any atom is 0.00389 e. The second kappa shape index (κ2) is 5.43. The lowest BCUT2D eigenvalue weighted by Crippen LogP contribution is -2.18. The van der Waals surface area contributed by atoms with Crippen molar-refractivity contribution < 1.29 is 0 Å². The maximum atomic E-state index is 5.95. The summed E-state index contributed by atoms with van der Waals surface area (Å²) in [6.07, 6.45) is 9.71. The molecule has 3 atom stereocenters. The van der Waals surface area contributed by atoms with Crippen molar-refractivity contribution >= 4 is 0 Å². The fourth-order valence-electron chi connectivity index (χ4n) is 2.38. The Balaban J connectivity index is 2.36. The highest BCUT2D eigenvalue weighted by Crippen LogP contribution is 2.30. The summed E-state index contributed by atoms with van der Waals surface area (Å²) >= 11 is 0. The van der Waals surface area contributed by atoms with Crippen LogP contribution < -0.4 is 5.73 Å². The predicted molar refractivity (Wildman–Crippen MR) is 58.5 cm³/mol.